The van der Waals surface area contributed by atoms with Crippen LogP contribution in [-0.2, 0) is 6.42 Å². The molecule has 0 unspecified atom stereocenters. The summed E-state index contributed by atoms with van der Waals surface area (Å²) in [6.07, 6.45) is 34.8. The lowest BCUT2D eigenvalue weighted by molar-refractivity contribution is 0.263. The molecule has 2 nitrogen and oxygen atoms in total. The fraction of sp³-hybridized carbons (Fsp3) is 0.789. The van der Waals surface area contributed by atoms with Crippen molar-refractivity contribution in [3.63, 3.8) is 0 Å². The predicted molar refractivity (Wildman–Crippen MR) is 181 cm³/mol. The van der Waals surface area contributed by atoms with Crippen molar-refractivity contribution in [2.45, 2.75) is 174 Å². The Morgan fingerprint density at radius 3 is 1.40 bits per heavy atom. The number of benzene rings is 1. The summed E-state index contributed by atoms with van der Waals surface area (Å²) in [4.78, 5) is 5.53. The number of H-pyrrole nitrogens is 1. The Kier molecular flexibility index (Phi) is 20.1. The molecule has 230 valence electrons. The molecule has 0 amide bonds. The summed E-state index contributed by atoms with van der Waals surface area (Å²) >= 11 is 0. The highest BCUT2D eigenvalue weighted by Gasteiger charge is 2.08. The van der Waals surface area contributed by atoms with E-state index in [1.54, 1.807) is 0 Å². The van der Waals surface area contributed by atoms with Crippen molar-refractivity contribution in [1.29, 1.82) is 0 Å². The molecule has 1 aromatic carbocycles. The lowest BCUT2D eigenvalue weighted by atomic mass is 10.0. The molecule has 1 N–H and O–H groups in total. The molecule has 0 fully saturated rings. The highest BCUT2D eigenvalue weighted by molar-refractivity contribution is 5.83. The van der Waals surface area contributed by atoms with Crippen molar-refractivity contribution in [2.75, 3.05) is 19.6 Å². The van der Waals surface area contributed by atoms with Gasteiger partial charge in [-0.2, -0.15) is 0 Å². The van der Waals surface area contributed by atoms with Crippen LogP contribution >= 0.6 is 0 Å². The molecule has 0 radical (unpaired) electrons. The van der Waals surface area contributed by atoms with Crippen molar-refractivity contribution < 1.29 is 2.74 Å². The minimum atomic E-state index is -1.32. The molecule has 1 heterocycles. The zero-order chi connectivity index (χ0) is 30.1. The van der Waals surface area contributed by atoms with Gasteiger partial charge >= 0.3 is 0 Å². The fourth-order valence-electron chi connectivity index (χ4n) is 6.03. The number of para-hydroxylation sites is 1. The van der Waals surface area contributed by atoms with Gasteiger partial charge in [-0.25, -0.2) is 0 Å². The highest BCUT2D eigenvalue weighted by atomic mass is 15.1. The molecule has 2 aromatic rings. The number of aromatic nitrogens is 1. The van der Waals surface area contributed by atoms with E-state index in [1.165, 1.54) is 141 Å². The monoisotopic (exact) mass is 555 g/mol. The van der Waals surface area contributed by atoms with Gasteiger partial charge in [0.15, 0.2) is 0 Å². The number of hydrogen-bond donors (Lipinski definition) is 1. The van der Waals surface area contributed by atoms with Crippen molar-refractivity contribution >= 4 is 10.9 Å². The van der Waals surface area contributed by atoms with Gasteiger partial charge in [0.2, 0.25) is 0 Å². The lowest BCUT2D eigenvalue weighted by Gasteiger charge is -2.22. The average Bonchev–Trinajstić information content (AvgIpc) is 3.39. The highest BCUT2D eigenvalue weighted by Crippen LogP contribution is 2.19. The number of aromatic amines is 1. The minimum absolute atomic E-state index is 0.452. The second-order valence-corrected chi connectivity index (χ2v) is 12.5. The van der Waals surface area contributed by atoms with E-state index in [-0.39, 0.29) is 0 Å². The first-order valence-corrected chi connectivity index (χ1v) is 17.9. The van der Waals surface area contributed by atoms with Crippen LogP contribution in [0.3, 0.4) is 0 Å². The summed E-state index contributed by atoms with van der Waals surface area (Å²) in [6, 6.07) is 8.32. The van der Waals surface area contributed by atoms with Crippen LogP contribution in [0.1, 0.15) is 176 Å². The van der Waals surface area contributed by atoms with Gasteiger partial charge in [0.25, 0.3) is 0 Å². The summed E-state index contributed by atoms with van der Waals surface area (Å²) in [5.74, 6) is 0. The SMILES string of the molecule is [2H]C([2H])(Cc1c[nH]c2ccccc12)N(CCCCCCCCCCCCCC)CCCCCCCCCCCCCC. The van der Waals surface area contributed by atoms with E-state index in [1.807, 2.05) is 12.3 Å². The topological polar surface area (TPSA) is 19.0 Å². The van der Waals surface area contributed by atoms with Crippen LogP contribution in [0.2, 0.25) is 0 Å². The van der Waals surface area contributed by atoms with Crippen molar-refractivity contribution in [3.8, 4) is 0 Å². The first-order chi connectivity index (χ1) is 20.6. The van der Waals surface area contributed by atoms with E-state index < -0.39 is 6.50 Å². The number of hydrogen-bond acceptors (Lipinski definition) is 1. The Hall–Kier alpha value is -1.28. The smallest absolute Gasteiger partial charge is 0.0456 e. The van der Waals surface area contributed by atoms with Gasteiger partial charge in [-0.05, 0) is 44.0 Å². The van der Waals surface area contributed by atoms with Gasteiger partial charge in [-0.15, -0.1) is 0 Å². The molecule has 1 aromatic heterocycles. The number of aryl methyl sites for hydroxylation is 1. The molecule has 40 heavy (non-hydrogen) atoms. The number of rotatable bonds is 29. The van der Waals surface area contributed by atoms with Crippen molar-refractivity contribution in [1.82, 2.24) is 9.88 Å². The van der Waals surface area contributed by atoms with Crippen LogP contribution in [0.25, 0.3) is 10.9 Å². The van der Waals surface area contributed by atoms with Gasteiger partial charge < -0.3 is 9.88 Å². The van der Waals surface area contributed by atoms with Crippen molar-refractivity contribution in [2.24, 2.45) is 0 Å². The second kappa shape index (κ2) is 25.4. The first-order valence-electron chi connectivity index (χ1n) is 18.9. The Bertz CT molecular complexity index is 849. The maximum Gasteiger partial charge on any atom is 0.0456 e. The molecule has 0 aliphatic carbocycles. The quantitative estimate of drug-likeness (QED) is 0.0991. The minimum Gasteiger partial charge on any atom is -0.361 e. The Morgan fingerprint density at radius 1 is 0.550 bits per heavy atom. The Morgan fingerprint density at radius 2 is 0.950 bits per heavy atom. The average molecular weight is 555 g/mol. The van der Waals surface area contributed by atoms with E-state index in [2.05, 4.69) is 41.9 Å². The van der Waals surface area contributed by atoms with Crippen molar-refractivity contribution in [3.05, 3.63) is 36.0 Å². The largest absolute Gasteiger partial charge is 0.361 e. The molecular formula is C38H68N2. The van der Waals surface area contributed by atoms with Crippen LogP contribution in [0.15, 0.2) is 30.5 Å². The summed E-state index contributed by atoms with van der Waals surface area (Å²) in [6.45, 7) is 5.02. The van der Waals surface area contributed by atoms with E-state index in [0.717, 1.165) is 42.4 Å². The molecule has 2 heteroatoms. The third kappa shape index (κ3) is 17.5. The summed E-state index contributed by atoms with van der Waals surface area (Å²) in [7, 11) is 0. The van der Waals surface area contributed by atoms with Crippen LogP contribution < -0.4 is 0 Å². The summed E-state index contributed by atoms with van der Waals surface area (Å²) in [5.41, 5.74) is 2.21. The Balaban J connectivity index is 1.69. The van der Waals surface area contributed by atoms with E-state index >= 15 is 0 Å². The van der Waals surface area contributed by atoms with Crippen LogP contribution in [-0.4, -0.2) is 29.5 Å². The van der Waals surface area contributed by atoms with Crippen LogP contribution in [0, 0.1) is 0 Å². The third-order valence-corrected chi connectivity index (χ3v) is 8.73. The lowest BCUT2D eigenvalue weighted by Crippen LogP contribution is -2.28. The zero-order valence-corrected chi connectivity index (χ0v) is 26.9. The molecule has 0 saturated heterocycles. The molecule has 0 atom stereocenters. The van der Waals surface area contributed by atoms with Gasteiger partial charge in [0, 0.05) is 26.3 Å². The summed E-state index contributed by atoms with van der Waals surface area (Å²) in [5, 5.41) is 1.16. The van der Waals surface area contributed by atoms with Gasteiger partial charge in [0.05, 0.1) is 0 Å². The van der Waals surface area contributed by atoms with E-state index in [4.69, 9.17) is 2.74 Å². The molecule has 2 rings (SSSR count). The third-order valence-electron chi connectivity index (χ3n) is 8.73. The molecule has 0 bridgehead atoms. The zero-order valence-electron chi connectivity index (χ0n) is 28.9. The molecule has 0 aliphatic rings. The van der Waals surface area contributed by atoms with Gasteiger partial charge in [-0.1, -0.05) is 173 Å². The number of unbranched alkanes of at least 4 members (excludes halogenated alkanes) is 22. The second-order valence-electron chi connectivity index (χ2n) is 12.5. The first kappa shape index (κ1) is 31.7. The number of nitrogens with zero attached hydrogens (tertiary/aromatic N) is 1. The Labute approximate surface area is 253 Å². The number of fused-ring (bicyclic) bond motifs is 1. The van der Waals surface area contributed by atoms with Crippen LogP contribution in [0.4, 0.5) is 0 Å². The standard InChI is InChI=1S/C38H68N2/c1-3-5-7-9-11-13-15-17-19-21-23-27-32-40(34-31-36-35-39-38-30-26-25-29-37(36)38)33-28-24-22-20-18-16-14-12-10-8-6-4-2/h25-26,29-30,35,39H,3-24,27-28,31-34H2,1-2H3/i34D2. The molecule has 0 aliphatic heterocycles. The van der Waals surface area contributed by atoms with Gasteiger partial charge in [-0.3, -0.25) is 0 Å². The predicted octanol–water partition coefficient (Wildman–Crippen LogP) is 12.4. The molecule has 0 spiro atoms. The van der Waals surface area contributed by atoms with Crippen LogP contribution in [0.5, 0.6) is 0 Å². The maximum atomic E-state index is 9.12. The molecule has 0 saturated carbocycles. The summed E-state index contributed by atoms with van der Waals surface area (Å²) < 4.78 is 18.2. The van der Waals surface area contributed by atoms with E-state index in [9.17, 15) is 0 Å². The van der Waals surface area contributed by atoms with E-state index in [0.29, 0.717) is 6.42 Å². The normalized spacial score (nSPS) is 12.9. The van der Waals surface area contributed by atoms with Gasteiger partial charge in [0.1, 0.15) is 0 Å². The maximum absolute atomic E-state index is 9.12. The fourth-order valence-corrected chi connectivity index (χ4v) is 6.03. The molecular weight excluding hydrogens is 484 g/mol. The number of nitrogens with one attached hydrogen (secondary N) is 1.